The molecule has 1 heterocycles. The third-order valence-electron chi connectivity index (χ3n) is 10.2. The van der Waals surface area contributed by atoms with Crippen LogP contribution in [0.3, 0.4) is 0 Å². The van der Waals surface area contributed by atoms with E-state index in [-0.39, 0.29) is 63.3 Å². The van der Waals surface area contributed by atoms with Crippen molar-refractivity contribution < 1.29 is 23.9 Å². The van der Waals surface area contributed by atoms with Crippen LogP contribution in [0.4, 0.5) is 11.6 Å². The Morgan fingerprint density at radius 3 is 2.25 bits per heavy atom. The van der Waals surface area contributed by atoms with E-state index in [1.54, 1.807) is 6.92 Å². The summed E-state index contributed by atoms with van der Waals surface area (Å²) in [5, 5.41) is -0.140. The first-order chi connectivity index (χ1) is 20.0. The van der Waals surface area contributed by atoms with E-state index in [9.17, 15) is 19.2 Å². The molecule has 6 unspecified atom stereocenters. The van der Waals surface area contributed by atoms with Gasteiger partial charge in [0.05, 0.1) is 0 Å². The second-order valence-corrected chi connectivity index (χ2v) is 12.9. The highest BCUT2D eigenvalue weighted by Crippen LogP contribution is 2.67. The fourth-order valence-corrected chi connectivity index (χ4v) is 8.37. The van der Waals surface area contributed by atoms with Gasteiger partial charge in [0.15, 0.2) is 45.6 Å². The lowest BCUT2D eigenvalue weighted by molar-refractivity contribution is -0.185. The van der Waals surface area contributed by atoms with Crippen LogP contribution in [0, 0.1) is 28.6 Å². The number of nitrogens with two attached hydrogens (primary N) is 4. The zero-order valence-electron chi connectivity index (χ0n) is 25.6. The van der Waals surface area contributed by atoms with Gasteiger partial charge in [-0.1, -0.05) is 37.1 Å². The van der Waals surface area contributed by atoms with Crippen LogP contribution in [0.25, 0.3) is 0 Å². The molecule has 44 heavy (non-hydrogen) atoms. The Labute approximate surface area is 267 Å². The number of halogens is 2. The molecule has 4 aliphatic carbocycles. The minimum atomic E-state index is -0.990. The Kier molecular flexibility index (Phi) is 9.91. The van der Waals surface area contributed by atoms with Crippen LogP contribution in [0.2, 0.25) is 5.15 Å². The zero-order valence-corrected chi connectivity index (χ0v) is 27.2. The summed E-state index contributed by atoms with van der Waals surface area (Å²) in [5.41, 5.74) is 21.6. The predicted molar refractivity (Wildman–Crippen MR) is 170 cm³/mol. The topological polar surface area (TPSA) is 220 Å². The van der Waals surface area contributed by atoms with Crippen molar-refractivity contribution in [1.82, 2.24) is 9.97 Å². The van der Waals surface area contributed by atoms with Gasteiger partial charge in [-0.15, -0.1) is 12.4 Å². The monoisotopic (exact) mass is 649 g/mol. The van der Waals surface area contributed by atoms with Gasteiger partial charge < -0.3 is 27.7 Å². The molecule has 2 fully saturated rings. The summed E-state index contributed by atoms with van der Waals surface area (Å²) in [5.74, 6) is -0.473. The number of carbonyl (C=O) groups excluding carboxylic acids is 4. The quantitative estimate of drug-likeness (QED) is 0.210. The Balaban J connectivity index is 0.000000282. The lowest BCUT2D eigenvalue weighted by Gasteiger charge is -2.58. The highest BCUT2D eigenvalue weighted by atomic mass is 35.5. The van der Waals surface area contributed by atoms with Gasteiger partial charge in [0.2, 0.25) is 0 Å². The third-order valence-corrected chi connectivity index (χ3v) is 10.5. The zero-order chi connectivity index (χ0) is 32.1. The average molecular weight is 651 g/mol. The smallest absolute Gasteiger partial charge is 0.303 e. The summed E-state index contributed by atoms with van der Waals surface area (Å²) in [6.45, 7) is 9.63. The Morgan fingerprint density at radius 1 is 1.02 bits per heavy atom. The van der Waals surface area contributed by atoms with Crippen molar-refractivity contribution in [2.24, 2.45) is 45.0 Å². The molecule has 1 aromatic heterocycles. The lowest BCUT2D eigenvalue weighted by atomic mass is 9.47. The van der Waals surface area contributed by atoms with Crippen LogP contribution in [0.5, 0.6) is 0 Å². The molecule has 0 aromatic carbocycles. The molecule has 14 heteroatoms. The number of rotatable bonds is 3. The highest BCUT2D eigenvalue weighted by Gasteiger charge is 2.67. The van der Waals surface area contributed by atoms with Crippen LogP contribution >= 0.6 is 24.0 Å². The van der Waals surface area contributed by atoms with Gasteiger partial charge in [-0.3, -0.25) is 19.2 Å². The van der Waals surface area contributed by atoms with E-state index in [0.717, 1.165) is 25.7 Å². The molecule has 4 aliphatic rings. The number of carbonyl (C=O) groups is 4. The first-order valence-electron chi connectivity index (χ1n) is 14.3. The molecule has 5 rings (SSSR count). The summed E-state index contributed by atoms with van der Waals surface area (Å²) < 4.78 is 5.82. The van der Waals surface area contributed by atoms with E-state index < -0.39 is 17.5 Å². The van der Waals surface area contributed by atoms with Gasteiger partial charge in [-0.05, 0) is 80.8 Å². The standard InChI is InChI=1S/C24H32O4.C6H8ClN7O.ClH/c1-14-12-18-19(22(4)9-6-17(27)13-21(14)22)7-10-23(5)20(18)8-11-24(23,15(2)25)28-16(3)26;7-2-4(9)13-3(8)1(12-2)5(15)14-6(10)11;/h12-13,18-20H,6-11H2,1-5H3;(H4,8,9,13)(H4,10,11,14,15);1H. The molecule has 0 saturated heterocycles. The number of fused-ring (bicyclic) bond motifs is 5. The number of anilines is 2. The van der Waals surface area contributed by atoms with Crippen LogP contribution in [-0.2, 0) is 19.1 Å². The van der Waals surface area contributed by atoms with E-state index >= 15 is 0 Å². The minimum absolute atomic E-state index is 0. The lowest BCUT2D eigenvalue weighted by Crippen LogP contribution is -2.58. The number of hydrogen-bond donors (Lipinski definition) is 4. The van der Waals surface area contributed by atoms with Gasteiger partial charge in [0.1, 0.15) is 0 Å². The van der Waals surface area contributed by atoms with Crippen molar-refractivity contribution in [3.63, 3.8) is 0 Å². The third kappa shape index (κ3) is 5.81. The molecule has 240 valence electrons. The fraction of sp³-hybridized carbons (Fsp3) is 0.567. The van der Waals surface area contributed by atoms with Gasteiger partial charge >= 0.3 is 11.9 Å². The first-order valence-corrected chi connectivity index (χ1v) is 14.7. The summed E-state index contributed by atoms with van der Waals surface area (Å²) in [4.78, 5) is 58.5. The number of allylic oxidation sites excluding steroid dienone is 4. The summed E-state index contributed by atoms with van der Waals surface area (Å²) >= 11 is 5.55. The van der Waals surface area contributed by atoms with E-state index in [4.69, 9.17) is 39.3 Å². The highest BCUT2D eigenvalue weighted by molar-refractivity contribution is 6.31. The molecule has 0 aliphatic heterocycles. The molecule has 0 bridgehead atoms. The molecular formula is C30H41Cl2N7O5. The number of hydrogen-bond acceptors (Lipinski definition) is 9. The number of ether oxygens (including phenoxy) is 1. The predicted octanol–water partition coefficient (Wildman–Crippen LogP) is 3.71. The van der Waals surface area contributed by atoms with Gasteiger partial charge in [0, 0.05) is 18.8 Å². The van der Waals surface area contributed by atoms with Crippen LogP contribution < -0.4 is 22.9 Å². The number of esters is 1. The SMILES string of the molecule is CC(=O)OC1(C(C)=O)CCC2C3C=C(C)C4=CC(=O)CCC4(C)C3CCC21C.Cl.NC(N)=NC(=O)c1nc(Cl)c(N)nc1N. The van der Waals surface area contributed by atoms with Gasteiger partial charge in [-0.25, -0.2) is 9.97 Å². The molecule has 8 N–H and O–H groups in total. The minimum Gasteiger partial charge on any atom is -0.451 e. The van der Waals surface area contributed by atoms with Crippen molar-refractivity contribution in [3.05, 3.63) is 34.1 Å². The number of guanidine groups is 1. The van der Waals surface area contributed by atoms with E-state index in [1.807, 2.05) is 6.08 Å². The second kappa shape index (κ2) is 12.5. The Morgan fingerprint density at radius 2 is 1.66 bits per heavy atom. The van der Waals surface area contributed by atoms with Gasteiger partial charge in [0.25, 0.3) is 0 Å². The number of amides is 1. The summed E-state index contributed by atoms with van der Waals surface area (Å²) in [7, 11) is 0. The van der Waals surface area contributed by atoms with Crippen molar-refractivity contribution in [3.8, 4) is 0 Å². The Bertz CT molecular complexity index is 1490. The Hall–Kier alpha value is -3.51. The van der Waals surface area contributed by atoms with Gasteiger partial charge in [-0.2, -0.15) is 4.99 Å². The van der Waals surface area contributed by atoms with E-state index in [1.165, 1.54) is 18.1 Å². The van der Waals surface area contributed by atoms with Crippen molar-refractivity contribution in [1.29, 1.82) is 0 Å². The maximum Gasteiger partial charge on any atom is 0.303 e. The molecular weight excluding hydrogens is 609 g/mol. The molecule has 1 aromatic rings. The maximum atomic E-state index is 12.8. The number of aliphatic imine (C=N–C) groups is 1. The van der Waals surface area contributed by atoms with Crippen molar-refractivity contribution >= 4 is 65.0 Å². The van der Waals surface area contributed by atoms with E-state index in [0.29, 0.717) is 30.6 Å². The largest absolute Gasteiger partial charge is 0.451 e. The molecule has 0 radical (unpaired) electrons. The molecule has 0 spiro atoms. The fourth-order valence-electron chi connectivity index (χ4n) is 8.25. The average Bonchev–Trinajstić information content (AvgIpc) is 3.20. The summed E-state index contributed by atoms with van der Waals surface area (Å²) in [6.07, 6.45) is 9.20. The van der Waals surface area contributed by atoms with Crippen molar-refractivity contribution in [2.45, 2.75) is 78.7 Å². The molecule has 12 nitrogen and oxygen atoms in total. The number of nitrogens with zero attached hydrogens (tertiary/aromatic N) is 3. The molecule has 6 atom stereocenters. The normalized spacial score (nSPS) is 31.7. The first kappa shape index (κ1) is 35.0. The van der Waals surface area contributed by atoms with Crippen LogP contribution in [0.1, 0.15) is 83.6 Å². The number of aromatic nitrogens is 2. The number of nitrogen functional groups attached to an aromatic ring is 2. The number of ketones is 2. The molecule has 1 amide bonds. The maximum absolute atomic E-state index is 12.8. The molecule has 2 saturated carbocycles. The van der Waals surface area contributed by atoms with Crippen LogP contribution in [0.15, 0.2) is 28.3 Å². The summed E-state index contributed by atoms with van der Waals surface area (Å²) in [6, 6.07) is 0. The van der Waals surface area contributed by atoms with E-state index in [2.05, 4.69) is 41.8 Å². The number of Topliss-reactive ketones (excluding diaryl/α,β-unsaturated/α-hetero) is 1. The van der Waals surface area contributed by atoms with Crippen LogP contribution in [-0.4, -0.2) is 45.0 Å². The van der Waals surface area contributed by atoms with Crippen molar-refractivity contribution in [2.75, 3.05) is 11.5 Å². The second-order valence-electron chi connectivity index (χ2n) is 12.5.